The fraction of sp³-hybridized carbons (Fsp3) is 0.667. The molecular weight excluding hydrogens is 222 g/mol. The Bertz CT molecular complexity index is 365. The quantitative estimate of drug-likeness (QED) is 0.883. The van der Waals surface area contributed by atoms with Gasteiger partial charge >= 0.3 is 0 Å². The Kier molecular flexibility index (Phi) is 3.62. The molecule has 0 radical (unpaired) electrons. The molecule has 0 aromatic carbocycles. The maximum Gasteiger partial charge on any atom is 0.0270 e. The molecule has 18 heavy (non-hydrogen) atoms. The molecule has 1 saturated carbocycles. The minimum atomic E-state index is 0.747. The Morgan fingerprint density at radius 1 is 1.11 bits per heavy atom. The van der Waals surface area contributed by atoms with E-state index < -0.39 is 0 Å². The maximum absolute atomic E-state index is 4.09. The summed E-state index contributed by atoms with van der Waals surface area (Å²) >= 11 is 0. The van der Waals surface area contributed by atoms with E-state index in [2.05, 4.69) is 34.4 Å². The van der Waals surface area contributed by atoms with Gasteiger partial charge in [-0.05, 0) is 69.4 Å². The Morgan fingerprint density at radius 3 is 2.44 bits per heavy atom. The zero-order valence-electron chi connectivity index (χ0n) is 11.2. The normalized spacial score (nSPS) is 30.1. The van der Waals surface area contributed by atoms with Crippen LogP contribution in [0.3, 0.4) is 0 Å². The third kappa shape index (κ3) is 2.73. The van der Waals surface area contributed by atoms with Gasteiger partial charge in [0.05, 0.1) is 0 Å². The number of nitrogens with one attached hydrogen (secondary N) is 1. The summed E-state index contributed by atoms with van der Waals surface area (Å²) in [6.45, 7) is 2.50. The summed E-state index contributed by atoms with van der Waals surface area (Å²) in [7, 11) is 2.22. The minimum absolute atomic E-state index is 0.747. The molecule has 1 N–H and O–H groups in total. The molecule has 0 spiro atoms. The highest BCUT2D eigenvalue weighted by Gasteiger charge is 2.32. The van der Waals surface area contributed by atoms with Crippen molar-refractivity contribution in [3.63, 3.8) is 0 Å². The monoisotopic (exact) mass is 245 g/mol. The Hall–Kier alpha value is -0.930. The summed E-state index contributed by atoms with van der Waals surface area (Å²) in [4.78, 5) is 6.51. The lowest BCUT2D eigenvalue weighted by molar-refractivity contribution is 0.192. The average Bonchev–Trinajstić information content (AvgIpc) is 2.36. The van der Waals surface area contributed by atoms with Gasteiger partial charge in [0.25, 0.3) is 0 Å². The molecule has 1 saturated heterocycles. The Morgan fingerprint density at radius 2 is 1.78 bits per heavy atom. The summed E-state index contributed by atoms with van der Waals surface area (Å²) in [6, 6.07) is 5.83. The summed E-state index contributed by atoms with van der Waals surface area (Å²) in [5.74, 6) is 0.761. The van der Waals surface area contributed by atoms with E-state index >= 15 is 0 Å². The van der Waals surface area contributed by atoms with E-state index in [-0.39, 0.29) is 0 Å². The Balaban J connectivity index is 1.43. The van der Waals surface area contributed by atoms with Crippen LogP contribution in [-0.4, -0.2) is 42.1 Å². The molecule has 98 valence electrons. The average molecular weight is 245 g/mol. The van der Waals surface area contributed by atoms with E-state index in [4.69, 9.17) is 0 Å². The predicted molar refractivity (Wildman–Crippen MR) is 73.7 cm³/mol. The van der Waals surface area contributed by atoms with Crippen LogP contribution in [0.15, 0.2) is 24.5 Å². The van der Waals surface area contributed by atoms with Crippen molar-refractivity contribution >= 4 is 0 Å². The van der Waals surface area contributed by atoms with Crippen molar-refractivity contribution in [1.29, 1.82) is 0 Å². The molecule has 0 bridgehead atoms. The molecule has 1 aromatic heterocycles. The molecule has 3 rings (SSSR count). The van der Waals surface area contributed by atoms with E-state index in [0.29, 0.717) is 0 Å². The van der Waals surface area contributed by atoms with Crippen LogP contribution in [-0.2, 0) is 0 Å². The molecule has 0 atom stereocenters. The van der Waals surface area contributed by atoms with Gasteiger partial charge in [-0.1, -0.05) is 0 Å². The fourth-order valence-corrected chi connectivity index (χ4v) is 3.17. The molecule has 1 aliphatic heterocycles. The molecular formula is C15H23N3. The fourth-order valence-electron chi connectivity index (χ4n) is 3.17. The summed E-state index contributed by atoms with van der Waals surface area (Å²) in [5.41, 5.74) is 1.46. The van der Waals surface area contributed by atoms with Crippen LogP contribution >= 0.6 is 0 Å². The van der Waals surface area contributed by atoms with Crippen molar-refractivity contribution in [3.05, 3.63) is 30.1 Å². The van der Waals surface area contributed by atoms with E-state index in [1.807, 2.05) is 12.4 Å². The van der Waals surface area contributed by atoms with Crippen molar-refractivity contribution in [3.8, 4) is 0 Å². The second-order valence-corrected chi connectivity index (χ2v) is 5.89. The van der Waals surface area contributed by atoms with Crippen LogP contribution < -0.4 is 5.32 Å². The van der Waals surface area contributed by atoms with E-state index in [1.165, 1.54) is 44.3 Å². The van der Waals surface area contributed by atoms with Crippen LogP contribution in [0.2, 0.25) is 0 Å². The first-order valence-corrected chi connectivity index (χ1v) is 7.16. The smallest absolute Gasteiger partial charge is 0.0270 e. The van der Waals surface area contributed by atoms with Crippen LogP contribution in [0.1, 0.15) is 37.2 Å². The molecule has 0 amide bonds. The first-order chi connectivity index (χ1) is 8.81. The van der Waals surface area contributed by atoms with Gasteiger partial charge in [0.1, 0.15) is 0 Å². The van der Waals surface area contributed by atoms with Gasteiger partial charge in [-0.2, -0.15) is 0 Å². The first kappa shape index (κ1) is 12.1. The number of rotatable bonds is 3. The zero-order valence-corrected chi connectivity index (χ0v) is 11.2. The first-order valence-electron chi connectivity index (χ1n) is 7.16. The van der Waals surface area contributed by atoms with Gasteiger partial charge in [-0.25, -0.2) is 0 Å². The molecule has 2 fully saturated rings. The molecule has 2 heterocycles. The van der Waals surface area contributed by atoms with Crippen LogP contribution in [0.5, 0.6) is 0 Å². The number of hydrogen-bond acceptors (Lipinski definition) is 3. The molecule has 2 aliphatic rings. The topological polar surface area (TPSA) is 28.2 Å². The van der Waals surface area contributed by atoms with Crippen molar-refractivity contribution in [2.75, 3.05) is 20.1 Å². The SMILES string of the molecule is CN1CCC(NC2CC(c3ccncc3)C2)CC1. The lowest BCUT2D eigenvalue weighted by atomic mass is 9.75. The second kappa shape index (κ2) is 5.37. The Labute approximate surface area is 110 Å². The van der Waals surface area contributed by atoms with E-state index in [0.717, 1.165) is 18.0 Å². The van der Waals surface area contributed by atoms with Gasteiger partial charge in [0, 0.05) is 24.5 Å². The largest absolute Gasteiger partial charge is 0.311 e. The predicted octanol–water partition coefficient (Wildman–Crippen LogP) is 2.01. The highest BCUT2D eigenvalue weighted by atomic mass is 15.1. The van der Waals surface area contributed by atoms with E-state index in [1.54, 1.807) is 0 Å². The van der Waals surface area contributed by atoms with Gasteiger partial charge in [-0.15, -0.1) is 0 Å². The molecule has 3 heteroatoms. The number of hydrogen-bond donors (Lipinski definition) is 1. The van der Waals surface area contributed by atoms with Gasteiger partial charge in [0.15, 0.2) is 0 Å². The number of likely N-dealkylation sites (tertiary alicyclic amines) is 1. The third-order valence-corrected chi connectivity index (χ3v) is 4.51. The zero-order chi connectivity index (χ0) is 12.4. The number of nitrogens with zero attached hydrogens (tertiary/aromatic N) is 2. The van der Waals surface area contributed by atoms with Gasteiger partial charge < -0.3 is 10.2 Å². The van der Waals surface area contributed by atoms with Crippen molar-refractivity contribution in [2.24, 2.45) is 0 Å². The van der Waals surface area contributed by atoms with Crippen molar-refractivity contribution in [2.45, 2.75) is 43.7 Å². The molecule has 1 aromatic rings. The van der Waals surface area contributed by atoms with Crippen LogP contribution in [0, 0.1) is 0 Å². The van der Waals surface area contributed by atoms with Gasteiger partial charge in [0.2, 0.25) is 0 Å². The van der Waals surface area contributed by atoms with Crippen molar-refractivity contribution < 1.29 is 0 Å². The third-order valence-electron chi connectivity index (χ3n) is 4.51. The highest BCUT2D eigenvalue weighted by molar-refractivity contribution is 5.20. The number of pyridine rings is 1. The lowest BCUT2D eigenvalue weighted by Crippen LogP contribution is -2.49. The highest BCUT2D eigenvalue weighted by Crippen LogP contribution is 2.37. The maximum atomic E-state index is 4.09. The summed E-state index contributed by atoms with van der Waals surface area (Å²) in [6.07, 6.45) is 9.05. The van der Waals surface area contributed by atoms with Crippen molar-refractivity contribution in [1.82, 2.24) is 15.2 Å². The summed E-state index contributed by atoms with van der Waals surface area (Å²) in [5, 5.41) is 3.83. The lowest BCUT2D eigenvalue weighted by Gasteiger charge is -2.40. The van der Waals surface area contributed by atoms with Gasteiger partial charge in [-0.3, -0.25) is 4.98 Å². The molecule has 0 unspecified atom stereocenters. The second-order valence-electron chi connectivity index (χ2n) is 5.89. The van der Waals surface area contributed by atoms with Crippen LogP contribution in [0.4, 0.5) is 0 Å². The molecule has 1 aliphatic carbocycles. The molecule has 3 nitrogen and oxygen atoms in total. The van der Waals surface area contributed by atoms with E-state index in [9.17, 15) is 0 Å². The minimum Gasteiger partial charge on any atom is -0.311 e. The summed E-state index contributed by atoms with van der Waals surface area (Å²) < 4.78 is 0. The number of piperidine rings is 1. The van der Waals surface area contributed by atoms with Crippen LogP contribution in [0.25, 0.3) is 0 Å². The number of aromatic nitrogens is 1. The standard InChI is InChI=1S/C15H23N3/c1-18-8-4-14(5-9-18)17-15-10-13(11-15)12-2-6-16-7-3-12/h2-3,6-7,13-15,17H,4-5,8-11H2,1H3.